The maximum atomic E-state index is 12.0. The number of aromatic amines is 1. The number of aromatic nitrogens is 2. The van der Waals surface area contributed by atoms with Crippen LogP contribution in [0.1, 0.15) is 16.1 Å². The molecule has 5 rings (SSSR count). The van der Waals surface area contributed by atoms with E-state index in [0.717, 1.165) is 22.0 Å². The molecule has 34 heavy (non-hydrogen) atoms. The van der Waals surface area contributed by atoms with Crippen molar-refractivity contribution in [3.63, 3.8) is 0 Å². The molecular formula is C26H24N4O4. The fraction of sp³-hybridized carbons (Fsp3) is 0.154. The third-order valence-corrected chi connectivity index (χ3v) is 5.60. The number of fused-ring (bicyclic) bond motifs is 1. The highest BCUT2D eigenvalue weighted by molar-refractivity contribution is 5.92. The molecule has 1 aromatic carbocycles. The fourth-order valence-electron chi connectivity index (χ4n) is 3.91. The van der Waals surface area contributed by atoms with E-state index in [1.807, 2.05) is 36.5 Å². The molecule has 0 fully saturated rings. The minimum atomic E-state index is -0.306. The Morgan fingerprint density at radius 1 is 1.24 bits per heavy atom. The van der Waals surface area contributed by atoms with E-state index < -0.39 is 0 Å². The zero-order valence-electron chi connectivity index (χ0n) is 18.6. The van der Waals surface area contributed by atoms with Crippen molar-refractivity contribution in [2.45, 2.75) is 12.5 Å². The van der Waals surface area contributed by atoms with Crippen molar-refractivity contribution < 1.29 is 18.4 Å². The van der Waals surface area contributed by atoms with Gasteiger partial charge in [0.25, 0.3) is 5.91 Å². The number of hydrogen-bond acceptors (Lipinski definition) is 6. The quantitative estimate of drug-likeness (QED) is 0.319. The van der Waals surface area contributed by atoms with Crippen LogP contribution in [0.15, 0.2) is 82.3 Å². The van der Waals surface area contributed by atoms with Crippen LogP contribution in [0.3, 0.4) is 0 Å². The number of ether oxygens (including phenoxy) is 1. The monoisotopic (exact) mass is 456 g/mol. The second-order valence-electron chi connectivity index (χ2n) is 7.96. The second kappa shape index (κ2) is 9.29. The minimum absolute atomic E-state index is 0.209. The number of carbonyl (C=O) groups is 1. The van der Waals surface area contributed by atoms with Gasteiger partial charge >= 0.3 is 0 Å². The Balaban J connectivity index is 1.36. The lowest BCUT2D eigenvalue weighted by molar-refractivity contribution is 0.0936. The summed E-state index contributed by atoms with van der Waals surface area (Å²) in [5, 5.41) is 3.72. The van der Waals surface area contributed by atoms with Crippen LogP contribution >= 0.6 is 0 Å². The Bertz CT molecular complexity index is 1420. The summed E-state index contributed by atoms with van der Waals surface area (Å²) >= 11 is 0. The first kappa shape index (κ1) is 21.5. The number of amides is 1. The zero-order valence-corrected chi connectivity index (χ0v) is 18.6. The van der Waals surface area contributed by atoms with Crippen molar-refractivity contribution in [2.75, 3.05) is 13.7 Å². The number of nitrogens with two attached hydrogens (primary N) is 1. The van der Waals surface area contributed by atoms with Crippen molar-refractivity contribution in [3.8, 4) is 28.3 Å². The summed E-state index contributed by atoms with van der Waals surface area (Å²) in [7, 11) is 1.55. The van der Waals surface area contributed by atoms with E-state index in [4.69, 9.17) is 19.3 Å². The topological polar surface area (TPSA) is 119 Å². The van der Waals surface area contributed by atoms with Crippen LogP contribution < -0.4 is 15.8 Å². The van der Waals surface area contributed by atoms with Gasteiger partial charge in [-0.05, 0) is 42.3 Å². The summed E-state index contributed by atoms with van der Waals surface area (Å²) in [6.07, 6.45) is 7.49. The highest BCUT2D eigenvalue weighted by Crippen LogP contribution is 2.34. The van der Waals surface area contributed by atoms with Crippen LogP contribution in [0.5, 0.6) is 5.75 Å². The average molecular weight is 457 g/mol. The molecule has 0 saturated carbocycles. The predicted octanol–water partition coefficient (Wildman–Crippen LogP) is 4.39. The summed E-state index contributed by atoms with van der Waals surface area (Å²) in [5.41, 5.74) is 10.7. The molecule has 0 aliphatic carbocycles. The summed E-state index contributed by atoms with van der Waals surface area (Å²) in [6, 6.07) is 14.9. The van der Waals surface area contributed by atoms with E-state index in [-0.39, 0.29) is 17.7 Å². The summed E-state index contributed by atoms with van der Waals surface area (Å²) in [5.74, 6) is 0.952. The Hall–Kier alpha value is -4.30. The lowest BCUT2D eigenvalue weighted by atomic mass is 10.1. The fourth-order valence-corrected chi connectivity index (χ4v) is 3.91. The predicted molar refractivity (Wildman–Crippen MR) is 129 cm³/mol. The molecule has 0 unspecified atom stereocenters. The van der Waals surface area contributed by atoms with Gasteiger partial charge in [-0.2, -0.15) is 0 Å². The average Bonchev–Trinajstić information content (AvgIpc) is 3.64. The molecule has 8 nitrogen and oxygen atoms in total. The Morgan fingerprint density at radius 3 is 2.94 bits per heavy atom. The SMILES string of the molecule is CNC(=O)c1ccc(-c2cc(OC[C@H](N)Cc3c[nH]c4ccccc34)cnc2-c2ccoc2)o1. The Labute approximate surface area is 195 Å². The van der Waals surface area contributed by atoms with E-state index in [0.29, 0.717) is 35.8 Å². The van der Waals surface area contributed by atoms with E-state index >= 15 is 0 Å². The highest BCUT2D eigenvalue weighted by atomic mass is 16.5. The van der Waals surface area contributed by atoms with E-state index in [1.165, 1.54) is 0 Å². The molecule has 1 amide bonds. The molecule has 0 aliphatic heterocycles. The van der Waals surface area contributed by atoms with Gasteiger partial charge in [-0.25, -0.2) is 0 Å². The first-order valence-electron chi connectivity index (χ1n) is 10.9. The second-order valence-corrected chi connectivity index (χ2v) is 7.96. The smallest absolute Gasteiger partial charge is 0.286 e. The Morgan fingerprint density at radius 2 is 2.12 bits per heavy atom. The van der Waals surface area contributed by atoms with Gasteiger partial charge in [-0.1, -0.05) is 18.2 Å². The largest absolute Gasteiger partial charge is 0.490 e. The molecule has 4 aromatic heterocycles. The van der Waals surface area contributed by atoms with Gasteiger partial charge in [0.1, 0.15) is 18.1 Å². The number of furan rings is 2. The third-order valence-electron chi connectivity index (χ3n) is 5.60. The molecule has 0 saturated heterocycles. The van der Waals surface area contributed by atoms with E-state index in [1.54, 1.807) is 37.9 Å². The lowest BCUT2D eigenvalue weighted by Gasteiger charge is -2.14. The van der Waals surface area contributed by atoms with E-state index in [2.05, 4.69) is 21.4 Å². The number of pyridine rings is 1. The maximum absolute atomic E-state index is 12.0. The number of H-pyrrole nitrogens is 1. The van der Waals surface area contributed by atoms with Gasteiger partial charge < -0.3 is 29.6 Å². The van der Waals surface area contributed by atoms with Gasteiger partial charge in [0.15, 0.2) is 5.76 Å². The van der Waals surface area contributed by atoms with Gasteiger partial charge in [-0.15, -0.1) is 0 Å². The van der Waals surface area contributed by atoms with Crippen molar-refractivity contribution >= 4 is 16.8 Å². The number of para-hydroxylation sites is 1. The molecule has 0 aliphatic rings. The number of hydrogen-bond donors (Lipinski definition) is 3. The first-order chi connectivity index (χ1) is 16.6. The van der Waals surface area contributed by atoms with Crippen LogP contribution in [0.4, 0.5) is 0 Å². The van der Waals surface area contributed by atoms with Crippen molar-refractivity contribution in [1.82, 2.24) is 15.3 Å². The van der Waals surface area contributed by atoms with Crippen LogP contribution in [0.25, 0.3) is 33.5 Å². The van der Waals surface area contributed by atoms with E-state index in [9.17, 15) is 4.79 Å². The summed E-state index contributed by atoms with van der Waals surface area (Å²) < 4.78 is 17.0. The van der Waals surface area contributed by atoms with Gasteiger partial charge in [0, 0.05) is 41.3 Å². The molecule has 0 bridgehead atoms. The maximum Gasteiger partial charge on any atom is 0.286 e. The van der Waals surface area contributed by atoms with Gasteiger partial charge in [0.05, 0.1) is 24.4 Å². The molecular weight excluding hydrogens is 432 g/mol. The molecule has 4 heterocycles. The lowest BCUT2D eigenvalue weighted by Crippen LogP contribution is -2.30. The molecule has 0 spiro atoms. The molecule has 1 atom stereocenters. The molecule has 5 aromatic rings. The summed E-state index contributed by atoms with van der Waals surface area (Å²) in [4.78, 5) is 19.8. The molecule has 4 N–H and O–H groups in total. The van der Waals surface area contributed by atoms with Gasteiger partial charge in [0.2, 0.25) is 0 Å². The molecule has 172 valence electrons. The first-order valence-corrected chi connectivity index (χ1v) is 10.9. The number of carbonyl (C=O) groups excluding carboxylic acids is 1. The van der Waals surface area contributed by atoms with Crippen molar-refractivity contribution in [1.29, 1.82) is 0 Å². The Kier molecular flexibility index (Phi) is 5.88. The molecule has 0 radical (unpaired) electrons. The number of nitrogens with one attached hydrogen (secondary N) is 2. The number of benzene rings is 1. The minimum Gasteiger partial charge on any atom is -0.490 e. The highest BCUT2D eigenvalue weighted by Gasteiger charge is 2.18. The third kappa shape index (κ3) is 4.31. The van der Waals surface area contributed by atoms with Crippen molar-refractivity contribution in [2.24, 2.45) is 5.73 Å². The van der Waals surface area contributed by atoms with Crippen LogP contribution in [-0.4, -0.2) is 35.6 Å². The van der Waals surface area contributed by atoms with Crippen LogP contribution in [0, 0.1) is 0 Å². The zero-order chi connectivity index (χ0) is 23.5. The van der Waals surface area contributed by atoms with Crippen LogP contribution in [-0.2, 0) is 6.42 Å². The normalized spacial score (nSPS) is 12.1. The number of rotatable bonds is 8. The molecule has 8 heteroatoms. The summed E-state index contributed by atoms with van der Waals surface area (Å²) in [6.45, 7) is 0.313. The van der Waals surface area contributed by atoms with Gasteiger partial charge in [-0.3, -0.25) is 9.78 Å². The standard InChI is InChI=1S/C26H24N4O4/c1-28-26(31)24-7-6-23(34-24)21-11-19(13-30-25(21)16-8-9-32-14-16)33-15-18(27)10-17-12-29-22-5-3-2-4-20(17)22/h2-9,11-14,18,29H,10,15,27H2,1H3,(H,28,31)/t18-/m1/s1. The number of nitrogens with zero attached hydrogens (tertiary/aromatic N) is 1. The van der Waals surface area contributed by atoms with Crippen LogP contribution in [0.2, 0.25) is 0 Å². The van der Waals surface area contributed by atoms with Crippen molar-refractivity contribution in [3.05, 3.63) is 84.8 Å².